The van der Waals surface area contributed by atoms with E-state index in [4.69, 9.17) is 9.47 Å². The third kappa shape index (κ3) is 6.23. The van der Waals surface area contributed by atoms with Crippen molar-refractivity contribution >= 4 is 21.6 Å². The molecule has 10 heteroatoms. The fraction of sp³-hybridized carbons (Fsp3) is 0.381. The number of nitrogens with one attached hydrogen (secondary N) is 2. The lowest BCUT2D eigenvalue weighted by Gasteiger charge is -2.26. The van der Waals surface area contributed by atoms with Crippen LogP contribution in [-0.2, 0) is 14.8 Å². The van der Waals surface area contributed by atoms with Crippen LogP contribution in [0.25, 0.3) is 0 Å². The Morgan fingerprint density at radius 1 is 1.19 bits per heavy atom. The molecule has 0 spiro atoms. The average molecular weight is 452 g/mol. The lowest BCUT2D eigenvalue weighted by molar-refractivity contribution is 0.0376. The van der Waals surface area contributed by atoms with Crippen LogP contribution in [0, 0.1) is 5.82 Å². The molecule has 2 aromatic carbocycles. The maximum absolute atomic E-state index is 13.9. The van der Waals surface area contributed by atoms with E-state index in [-0.39, 0.29) is 28.4 Å². The monoisotopic (exact) mass is 451 g/mol. The molecule has 2 aromatic rings. The summed E-state index contributed by atoms with van der Waals surface area (Å²) in [4.78, 5) is 14.6. The van der Waals surface area contributed by atoms with Crippen molar-refractivity contribution < 1.29 is 27.1 Å². The summed E-state index contributed by atoms with van der Waals surface area (Å²) in [5, 5.41) is 2.53. The minimum absolute atomic E-state index is 0.0245. The number of amides is 1. The van der Waals surface area contributed by atoms with E-state index in [1.54, 1.807) is 0 Å². The molecule has 1 heterocycles. The van der Waals surface area contributed by atoms with Gasteiger partial charge in [0.05, 0.1) is 36.5 Å². The van der Waals surface area contributed by atoms with Gasteiger partial charge in [0.15, 0.2) is 0 Å². The normalized spacial score (nSPS) is 14.9. The molecule has 0 atom stereocenters. The Morgan fingerprint density at radius 2 is 1.94 bits per heavy atom. The summed E-state index contributed by atoms with van der Waals surface area (Å²) < 4.78 is 52.3. The lowest BCUT2D eigenvalue weighted by Crippen LogP contribution is -2.38. The molecule has 168 valence electrons. The van der Waals surface area contributed by atoms with E-state index in [0.717, 1.165) is 19.6 Å². The SMILES string of the molecule is COc1ccc(S(=O)(=O)NCCCN2CCOCC2)cc1NC(=O)c1ccccc1F. The predicted octanol–water partition coefficient (Wildman–Crippen LogP) is 2.09. The molecule has 1 aliphatic rings. The van der Waals surface area contributed by atoms with Crippen LogP contribution in [0.2, 0.25) is 0 Å². The average Bonchev–Trinajstić information content (AvgIpc) is 2.77. The minimum atomic E-state index is -3.79. The first-order valence-electron chi connectivity index (χ1n) is 9.94. The highest BCUT2D eigenvalue weighted by molar-refractivity contribution is 7.89. The van der Waals surface area contributed by atoms with Crippen molar-refractivity contribution in [2.45, 2.75) is 11.3 Å². The van der Waals surface area contributed by atoms with Crippen LogP contribution in [-0.4, -0.2) is 65.7 Å². The molecule has 31 heavy (non-hydrogen) atoms. The summed E-state index contributed by atoms with van der Waals surface area (Å²) in [7, 11) is -2.40. The second-order valence-electron chi connectivity index (χ2n) is 7.00. The molecular formula is C21H26FN3O5S. The summed E-state index contributed by atoms with van der Waals surface area (Å²) in [6.07, 6.45) is 0.659. The summed E-state index contributed by atoms with van der Waals surface area (Å²) in [5.41, 5.74) is -0.0222. The number of hydrogen-bond acceptors (Lipinski definition) is 6. The molecule has 0 bridgehead atoms. The Kier molecular flexibility index (Phi) is 7.97. The molecular weight excluding hydrogens is 425 g/mol. The standard InChI is InChI=1S/C21H26FN3O5S/c1-29-20-8-7-16(15-19(20)24-21(26)17-5-2-3-6-18(17)22)31(27,28)23-9-4-10-25-11-13-30-14-12-25/h2-3,5-8,15,23H,4,9-14H2,1H3,(H,24,26). The first kappa shape index (κ1) is 23.1. The van der Waals surface area contributed by atoms with Crippen molar-refractivity contribution in [2.75, 3.05) is 51.8 Å². The van der Waals surface area contributed by atoms with Crippen LogP contribution in [0.3, 0.4) is 0 Å². The number of carbonyl (C=O) groups is 1. The molecule has 2 N–H and O–H groups in total. The highest BCUT2D eigenvalue weighted by Crippen LogP contribution is 2.28. The molecule has 1 aliphatic heterocycles. The zero-order chi connectivity index (χ0) is 22.3. The van der Waals surface area contributed by atoms with E-state index in [0.29, 0.717) is 19.6 Å². The Hall–Kier alpha value is -2.53. The fourth-order valence-electron chi connectivity index (χ4n) is 3.20. The molecule has 0 aromatic heterocycles. The molecule has 0 unspecified atom stereocenters. The van der Waals surface area contributed by atoms with Crippen LogP contribution in [0.15, 0.2) is 47.4 Å². The highest BCUT2D eigenvalue weighted by Gasteiger charge is 2.19. The van der Waals surface area contributed by atoms with Crippen LogP contribution in [0.5, 0.6) is 5.75 Å². The van der Waals surface area contributed by atoms with E-state index in [2.05, 4.69) is 14.9 Å². The van der Waals surface area contributed by atoms with Crippen molar-refractivity contribution in [1.29, 1.82) is 0 Å². The van der Waals surface area contributed by atoms with Gasteiger partial charge in [-0.2, -0.15) is 0 Å². The number of rotatable bonds is 9. The van der Waals surface area contributed by atoms with Gasteiger partial charge in [-0.15, -0.1) is 0 Å². The molecule has 0 radical (unpaired) electrons. The van der Waals surface area contributed by atoms with Gasteiger partial charge >= 0.3 is 0 Å². The minimum Gasteiger partial charge on any atom is -0.495 e. The molecule has 1 saturated heterocycles. The van der Waals surface area contributed by atoms with Crippen molar-refractivity contribution in [1.82, 2.24) is 9.62 Å². The van der Waals surface area contributed by atoms with Gasteiger partial charge in [0.1, 0.15) is 11.6 Å². The maximum atomic E-state index is 13.9. The van der Waals surface area contributed by atoms with Gasteiger partial charge in [-0.25, -0.2) is 17.5 Å². The van der Waals surface area contributed by atoms with E-state index in [9.17, 15) is 17.6 Å². The van der Waals surface area contributed by atoms with E-state index in [1.165, 1.54) is 49.6 Å². The lowest BCUT2D eigenvalue weighted by atomic mass is 10.2. The van der Waals surface area contributed by atoms with Gasteiger partial charge in [-0.1, -0.05) is 12.1 Å². The zero-order valence-electron chi connectivity index (χ0n) is 17.3. The molecule has 1 amide bonds. The van der Waals surface area contributed by atoms with E-state index >= 15 is 0 Å². The van der Waals surface area contributed by atoms with Crippen molar-refractivity contribution in [3.63, 3.8) is 0 Å². The second-order valence-corrected chi connectivity index (χ2v) is 8.77. The summed E-state index contributed by atoms with van der Waals surface area (Å²) in [5.74, 6) is -1.12. The van der Waals surface area contributed by atoms with Gasteiger partial charge in [-0.3, -0.25) is 9.69 Å². The largest absolute Gasteiger partial charge is 0.495 e. The third-order valence-corrected chi connectivity index (χ3v) is 6.35. The molecule has 0 saturated carbocycles. The zero-order valence-corrected chi connectivity index (χ0v) is 18.1. The number of nitrogens with zero attached hydrogens (tertiary/aromatic N) is 1. The molecule has 8 nitrogen and oxygen atoms in total. The van der Waals surface area contributed by atoms with E-state index in [1.807, 2.05) is 0 Å². The Morgan fingerprint density at radius 3 is 2.65 bits per heavy atom. The first-order chi connectivity index (χ1) is 14.9. The number of carbonyl (C=O) groups excluding carboxylic acids is 1. The topological polar surface area (TPSA) is 97.0 Å². The Bertz CT molecular complexity index is 1010. The number of methoxy groups -OCH3 is 1. The molecule has 3 rings (SSSR count). The van der Waals surface area contributed by atoms with E-state index < -0.39 is 21.7 Å². The summed E-state index contributed by atoms with van der Waals surface area (Å²) in [6, 6.07) is 9.66. The van der Waals surface area contributed by atoms with Crippen molar-refractivity contribution in [3.8, 4) is 5.75 Å². The number of ether oxygens (including phenoxy) is 2. The van der Waals surface area contributed by atoms with Gasteiger partial charge in [0.25, 0.3) is 5.91 Å². The third-order valence-electron chi connectivity index (χ3n) is 4.89. The van der Waals surface area contributed by atoms with Crippen LogP contribution in [0.1, 0.15) is 16.8 Å². The number of sulfonamides is 1. The fourth-order valence-corrected chi connectivity index (χ4v) is 4.30. The number of halogens is 1. The summed E-state index contributed by atoms with van der Waals surface area (Å²) >= 11 is 0. The van der Waals surface area contributed by atoms with Gasteiger partial charge in [-0.05, 0) is 43.3 Å². The van der Waals surface area contributed by atoms with Crippen molar-refractivity contribution in [2.24, 2.45) is 0 Å². The van der Waals surface area contributed by atoms with Gasteiger partial charge in [0, 0.05) is 19.6 Å². The Balaban J connectivity index is 1.66. The highest BCUT2D eigenvalue weighted by atomic mass is 32.2. The van der Waals surface area contributed by atoms with Gasteiger partial charge in [0.2, 0.25) is 10.0 Å². The quantitative estimate of drug-likeness (QED) is 0.567. The predicted molar refractivity (Wildman–Crippen MR) is 114 cm³/mol. The first-order valence-corrected chi connectivity index (χ1v) is 11.4. The van der Waals surface area contributed by atoms with Crippen molar-refractivity contribution in [3.05, 3.63) is 53.8 Å². The molecule has 1 fully saturated rings. The molecule has 0 aliphatic carbocycles. The number of anilines is 1. The second kappa shape index (κ2) is 10.7. The van der Waals surface area contributed by atoms with Crippen LogP contribution >= 0.6 is 0 Å². The van der Waals surface area contributed by atoms with Crippen LogP contribution < -0.4 is 14.8 Å². The van der Waals surface area contributed by atoms with Crippen LogP contribution in [0.4, 0.5) is 10.1 Å². The number of hydrogen-bond donors (Lipinski definition) is 2. The summed E-state index contributed by atoms with van der Waals surface area (Å²) in [6.45, 7) is 4.13. The smallest absolute Gasteiger partial charge is 0.258 e. The number of benzene rings is 2. The van der Waals surface area contributed by atoms with Gasteiger partial charge < -0.3 is 14.8 Å². The number of morpholine rings is 1. The Labute approximate surface area is 181 Å². The maximum Gasteiger partial charge on any atom is 0.258 e.